The van der Waals surface area contributed by atoms with Crippen LogP contribution in [-0.2, 0) is 4.79 Å². The number of hydrogen-bond donors (Lipinski definition) is 0. The molecule has 0 spiro atoms. The minimum absolute atomic E-state index is 0.154. The molecule has 0 N–H and O–H groups in total. The summed E-state index contributed by atoms with van der Waals surface area (Å²) >= 11 is 0. The van der Waals surface area contributed by atoms with Crippen LogP contribution in [0.15, 0.2) is 36.4 Å². The van der Waals surface area contributed by atoms with E-state index in [4.69, 9.17) is 5.53 Å². The molecule has 0 aliphatic heterocycles. The third kappa shape index (κ3) is 6.98. The van der Waals surface area contributed by atoms with Crippen molar-refractivity contribution in [3.8, 4) is 0 Å². The van der Waals surface area contributed by atoms with Crippen molar-refractivity contribution in [1.29, 1.82) is 0 Å². The fourth-order valence-corrected chi connectivity index (χ4v) is 0.986. The highest BCUT2D eigenvalue weighted by molar-refractivity contribution is 5.97. The molecule has 0 atom stereocenters. The third-order valence-corrected chi connectivity index (χ3v) is 1.97. The van der Waals surface area contributed by atoms with Crippen LogP contribution in [0.25, 0.3) is 11.6 Å². The first-order valence-electron chi connectivity index (χ1n) is 5.29. The Bertz CT molecular complexity index is 408. The largest absolute Gasteiger partial charge is 0.362 e. The molecule has 0 aliphatic rings. The Morgan fingerprint density at radius 2 is 1.76 bits per heavy atom. The Morgan fingerprint density at radius 1 is 1.29 bits per heavy atom. The van der Waals surface area contributed by atoms with Crippen molar-refractivity contribution in [3.05, 3.63) is 47.5 Å². The Morgan fingerprint density at radius 3 is 2.18 bits per heavy atom. The van der Waals surface area contributed by atoms with E-state index in [1.807, 2.05) is 57.2 Å². The minimum Gasteiger partial charge on any atom is -0.362 e. The molecule has 0 aliphatic carbocycles. The Labute approximate surface area is 102 Å². The number of nitrogens with zero attached hydrogens (tertiary/aromatic N) is 2. The molecule has 0 saturated carbocycles. The van der Waals surface area contributed by atoms with Crippen molar-refractivity contribution >= 4 is 18.6 Å². The monoisotopic (exact) mass is 230 g/mol. The molecule has 0 heterocycles. The molecule has 0 saturated heterocycles. The zero-order chi connectivity index (χ0) is 13.3. The lowest BCUT2D eigenvalue weighted by atomic mass is 9.90. The van der Waals surface area contributed by atoms with Gasteiger partial charge in [-0.1, -0.05) is 57.2 Å². The molecule has 90 valence electrons. The molecule has 0 aromatic heterocycles. The van der Waals surface area contributed by atoms with Crippen molar-refractivity contribution in [2.24, 2.45) is 5.41 Å². The highest BCUT2D eigenvalue weighted by Crippen LogP contribution is 2.15. The van der Waals surface area contributed by atoms with Crippen molar-refractivity contribution in [2.45, 2.75) is 20.8 Å². The van der Waals surface area contributed by atoms with E-state index in [9.17, 15) is 4.79 Å². The van der Waals surface area contributed by atoms with Gasteiger partial charge in [0.05, 0.1) is 0 Å². The van der Waals surface area contributed by atoms with Crippen molar-refractivity contribution < 1.29 is 9.58 Å². The van der Waals surface area contributed by atoms with Gasteiger partial charge in [-0.15, -0.1) is 0 Å². The number of benzene rings is 1. The molecule has 0 fully saturated rings. The van der Waals surface area contributed by atoms with Crippen LogP contribution in [0.3, 0.4) is 0 Å². The van der Waals surface area contributed by atoms with Gasteiger partial charge in [0.15, 0.2) is 5.78 Å². The number of hydrogen-bond acceptors (Lipinski definition) is 1. The Hall–Kier alpha value is -1.99. The topological polar surface area (TPSA) is 53.5 Å². The second-order valence-electron chi connectivity index (χ2n) is 4.50. The maximum Gasteiger partial charge on any atom is 0.245 e. The van der Waals surface area contributed by atoms with Crippen LogP contribution in [0, 0.1) is 5.41 Å². The van der Waals surface area contributed by atoms with E-state index in [0.717, 1.165) is 5.56 Å². The summed E-state index contributed by atoms with van der Waals surface area (Å²) in [6.07, 6.45) is 3.50. The smallest absolute Gasteiger partial charge is 0.245 e. The van der Waals surface area contributed by atoms with Crippen LogP contribution < -0.4 is 0 Å². The molecular formula is C14H18N2O. The zero-order valence-electron chi connectivity index (χ0n) is 10.6. The summed E-state index contributed by atoms with van der Waals surface area (Å²) in [5.41, 5.74) is 7.86. The van der Waals surface area contributed by atoms with Crippen LogP contribution in [0.2, 0.25) is 0 Å². The molecule has 0 radical (unpaired) electrons. The van der Waals surface area contributed by atoms with Gasteiger partial charge in [-0.2, -0.15) is 4.79 Å². The molecule has 1 rings (SSSR count). The molecular weight excluding hydrogens is 212 g/mol. The summed E-state index contributed by atoms with van der Waals surface area (Å²) in [4.78, 5) is 13.8. The van der Waals surface area contributed by atoms with E-state index in [1.165, 1.54) is 0 Å². The molecule has 0 bridgehead atoms. The SMILES string of the molecule is C=[N+]=[N-].CC(C)(C)C(=O)/C=C/c1ccccc1. The van der Waals surface area contributed by atoms with Crippen LogP contribution in [0.4, 0.5) is 0 Å². The van der Waals surface area contributed by atoms with E-state index < -0.39 is 0 Å². The first-order valence-corrected chi connectivity index (χ1v) is 5.29. The van der Waals surface area contributed by atoms with Gasteiger partial charge in [-0.05, 0) is 11.6 Å². The normalized spacial score (nSPS) is 10.3. The van der Waals surface area contributed by atoms with Gasteiger partial charge in [0.2, 0.25) is 6.72 Å². The molecule has 1 aromatic rings. The summed E-state index contributed by atoms with van der Waals surface area (Å²) in [6, 6.07) is 9.84. The van der Waals surface area contributed by atoms with Crippen LogP contribution in [0.1, 0.15) is 26.3 Å². The molecule has 0 amide bonds. The van der Waals surface area contributed by atoms with Gasteiger partial charge in [-0.3, -0.25) is 4.79 Å². The summed E-state index contributed by atoms with van der Waals surface area (Å²) in [5, 5.41) is 0. The number of carbonyl (C=O) groups excluding carboxylic acids is 1. The fraction of sp³-hybridized carbons (Fsp3) is 0.286. The molecule has 3 nitrogen and oxygen atoms in total. The predicted octanol–water partition coefficient (Wildman–Crippen LogP) is 3.23. The van der Waals surface area contributed by atoms with Gasteiger partial charge in [-0.25, -0.2) is 0 Å². The van der Waals surface area contributed by atoms with E-state index in [2.05, 4.69) is 11.5 Å². The lowest BCUT2D eigenvalue weighted by Crippen LogP contribution is -2.17. The molecule has 3 heteroatoms. The second-order valence-corrected chi connectivity index (χ2v) is 4.50. The van der Waals surface area contributed by atoms with Crippen LogP contribution in [-0.4, -0.2) is 17.3 Å². The van der Waals surface area contributed by atoms with E-state index >= 15 is 0 Å². The summed E-state index contributed by atoms with van der Waals surface area (Å²) in [7, 11) is 0. The highest BCUT2D eigenvalue weighted by Gasteiger charge is 2.17. The molecule has 0 unspecified atom stereocenters. The van der Waals surface area contributed by atoms with E-state index in [0.29, 0.717) is 0 Å². The number of allylic oxidation sites excluding steroid dienone is 1. The van der Waals surface area contributed by atoms with Crippen molar-refractivity contribution in [1.82, 2.24) is 0 Å². The van der Waals surface area contributed by atoms with E-state index in [1.54, 1.807) is 6.08 Å². The van der Waals surface area contributed by atoms with Crippen LogP contribution in [0.5, 0.6) is 0 Å². The maximum atomic E-state index is 11.6. The average Bonchev–Trinajstić information content (AvgIpc) is 2.27. The summed E-state index contributed by atoms with van der Waals surface area (Å²) < 4.78 is 0. The number of ketones is 1. The predicted molar refractivity (Wildman–Crippen MR) is 70.7 cm³/mol. The van der Waals surface area contributed by atoms with E-state index in [-0.39, 0.29) is 11.2 Å². The first kappa shape index (κ1) is 15.0. The Kier molecular flexibility index (Phi) is 6.46. The Balaban J connectivity index is 0.000000770. The molecule has 1 aromatic carbocycles. The second kappa shape index (κ2) is 7.31. The molecule has 17 heavy (non-hydrogen) atoms. The first-order chi connectivity index (χ1) is 7.91. The quantitative estimate of drug-likeness (QED) is 0.333. The fourth-order valence-electron chi connectivity index (χ4n) is 0.986. The van der Waals surface area contributed by atoms with Crippen molar-refractivity contribution in [2.75, 3.05) is 0 Å². The minimum atomic E-state index is -0.286. The van der Waals surface area contributed by atoms with Gasteiger partial charge < -0.3 is 5.53 Å². The van der Waals surface area contributed by atoms with Crippen LogP contribution >= 0.6 is 0 Å². The summed E-state index contributed by atoms with van der Waals surface area (Å²) in [5.74, 6) is 0.154. The number of rotatable bonds is 2. The standard InChI is InChI=1S/C13H16O.CH2N2/c1-13(2,3)12(14)10-9-11-7-5-4-6-8-11;1-3-2/h4-10H,1-3H3;1H2/b10-9+;. The van der Waals surface area contributed by atoms with Gasteiger partial charge >= 0.3 is 0 Å². The number of carbonyl (C=O) groups is 1. The third-order valence-electron chi connectivity index (χ3n) is 1.97. The highest BCUT2D eigenvalue weighted by atomic mass is 16.1. The van der Waals surface area contributed by atoms with Gasteiger partial charge in [0.25, 0.3) is 0 Å². The lowest BCUT2D eigenvalue weighted by molar-refractivity contribution is -0.121. The maximum absolute atomic E-state index is 11.6. The zero-order valence-corrected chi connectivity index (χ0v) is 10.6. The van der Waals surface area contributed by atoms with Gasteiger partial charge in [0.1, 0.15) is 0 Å². The van der Waals surface area contributed by atoms with Crippen molar-refractivity contribution in [3.63, 3.8) is 0 Å². The van der Waals surface area contributed by atoms with Gasteiger partial charge in [0, 0.05) is 5.41 Å². The summed E-state index contributed by atoms with van der Waals surface area (Å²) in [6.45, 7) is 8.43. The average molecular weight is 230 g/mol. The lowest BCUT2D eigenvalue weighted by Gasteiger charge is -2.12.